The van der Waals surface area contributed by atoms with Crippen LogP contribution in [0.3, 0.4) is 0 Å². The van der Waals surface area contributed by atoms with E-state index in [1.54, 1.807) is 6.92 Å². The maximum absolute atomic E-state index is 13.9. The topological polar surface area (TPSA) is 331 Å². The third-order valence-corrected chi connectivity index (χ3v) is 12.7. The number of nitrogens with one attached hydrogen (secondary N) is 5. The predicted molar refractivity (Wildman–Crippen MR) is 225 cm³/mol. The van der Waals surface area contributed by atoms with Crippen LogP contribution in [0.15, 0.2) is 0 Å². The Labute approximate surface area is 371 Å². The summed E-state index contributed by atoms with van der Waals surface area (Å²) < 4.78 is 0. The van der Waals surface area contributed by atoms with E-state index < -0.39 is 133 Å². The van der Waals surface area contributed by atoms with Crippen molar-refractivity contribution in [2.75, 3.05) is 39.3 Å². The molecule has 9 amide bonds. The van der Waals surface area contributed by atoms with E-state index >= 15 is 0 Å². The van der Waals surface area contributed by atoms with E-state index in [-0.39, 0.29) is 44.9 Å². The Morgan fingerprint density at radius 1 is 0.625 bits per heavy atom. The van der Waals surface area contributed by atoms with Crippen molar-refractivity contribution in [2.24, 2.45) is 11.7 Å². The molecule has 4 aliphatic heterocycles. The summed E-state index contributed by atoms with van der Waals surface area (Å²) in [5.74, 6) is -7.39. The highest BCUT2D eigenvalue weighted by Gasteiger charge is 2.45. The Bertz CT molecular complexity index is 1780. The lowest BCUT2D eigenvalue weighted by molar-refractivity contribution is -0.148. The molecule has 0 spiro atoms. The minimum atomic E-state index is -1.53. The molecule has 4 heterocycles. The Kier molecular flexibility index (Phi) is 18.4. The van der Waals surface area contributed by atoms with Crippen molar-refractivity contribution in [1.29, 1.82) is 0 Å². The van der Waals surface area contributed by atoms with Gasteiger partial charge in [-0.2, -0.15) is 0 Å². The van der Waals surface area contributed by atoms with Gasteiger partial charge in [0.15, 0.2) is 0 Å². The van der Waals surface area contributed by atoms with Gasteiger partial charge in [-0.15, -0.1) is 0 Å². The van der Waals surface area contributed by atoms with Crippen LogP contribution in [-0.4, -0.2) is 194 Å². The molecule has 0 aromatic carbocycles. The number of likely N-dealkylation sites (tertiary alicyclic amines) is 4. The van der Waals surface area contributed by atoms with Crippen molar-refractivity contribution in [3.63, 3.8) is 0 Å². The van der Waals surface area contributed by atoms with Gasteiger partial charge in [-0.05, 0) is 78.1 Å². The molecule has 358 valence electrons. The van der Waals surface area contributed by atoms with E-state index in [4.69, 9.17) is 5.73 Å². The van der Waals surface area contributed by atoms with Gasteiger partial charge in [0, 0.05) is 26.2 Å². The first kappa shape index (κ1) is 51.2. The minimum Gasteiger partial charge on any atom is -0.480 e. The quantitative estimate of drug-likeness (QED) is 0.0595. The summed E-state index contributed by atoms with van der Waals surface area (Å²) in [6.07, 6.45) is 2.31. The third-order valence-electron chi connectivity index (χ3n) is 12.7. The fourth-order valence-electron chi connectivity index (χ4n) is 8.66. The second kappa shape index (κ2) is 23.0. The molecule has 0 unspecified atom stereocenters. The van der Waals surface area contributed by atoms with Crippen molar-refractivity contribution in [1.82, 2.24) is 46.2 Å². The summed E-state index contributed by atoms with van der Waals surface area (Å²) in [5, 5.41) is 41.9. The lowest BCUT2D eigenvalue weighted by atomic mass is 9.97. The van der Waals surface area contributed by atoms with Crippen LogP contribution in [0.1, 0.15) is 92.4 Å². The number of hydrogen-bond donors (Lipinski definition) is 9. The van der Waals surface area contributed by atoms with Gasteiger partial charge in [-0.25, -0.2) is 4.79 Å². The van der Waals surface area contributed by atoms with E-state index in [9.17, 15) is 63.3 Å². The largest absolute Gasteiger partial charge is 0.480 e. The molecule has 23 heteroatoms. The number of nitrogens with two attached hydrogens (primary N) is 1. The Balaban J connectivity index is 1.32. The summed E-state index contributed by atoms with van der Waals surface area (Å²) in [7, 11) is 0. The molecule has 23 nitrogen and oxygen atoms in total. The zero-order valence-corrected chi connectivity index (χ0v) is 37.2. The number of rotatable bonds is 19. The van der Waals surface area contributed by atoms with Crippen LogP contribution < -0.4 is 32.3 Å². The maximum atomic E-state index is 13.9. The smallest absolute Gasteiger partial charge is 0.326 e. The zero-order valence-electron chi connectivity index (χ0n) is 37.2. The summed E-state index contributed by atoms with van der Waals surface area (Å²) in [5.41, 5.74) is 5.69. The second-order valence-electron chi connectivity index (χ2n) is 17.2. The van der Waals surface area contributed by atoms with Crippen molar-refractivity contribution in [3.8, 4) is 0 Å². The number of carbonyl (C=O) groups is 10. The lowest BCUT2D eigenvalue weighted by Gasteiger charge is -2.33. The van der Waals surface area contributed by atoms with E-state index in [1.807, 2.05) is 6.92 Å². The van der Waals surface area contributed by atoms with E-state index in [2.05, 4.69) is 26.6 Å². The number of hydrogen-bond acceptors (Lipinski definition) is 13. The van der Waals surface area contributed by atoms with Crippen molar-refractivity contribution < 1.29 is 63.3 Å². The van der Waals surface area contributed by atoms with Crippen molar-refractivity contribution in [2.45, 2.75) is 153 Å². The number of carboxylic acids is 1. The number of aliphatic hydroxyl groups is 2. The predicted octanol–water partition coefficient (Wildman–Crippen LogP) is -4.12. The number of carboxylic acid groups (broad SMARTS) is 1. The SMILES string of the molecule is CC[C@H](C)[C@H](NC(=O)[C@@H]1CCCN1C(=O)[C@H](C)NC(=O)[C@H](CO)NC(=O)[C@@H]1CCCN1C(=O)[C@@H]1CCCN1C(=O)[C@H](C)NC(=O)[C@@H](N)[C@@H](C)O)C(=O)NCC(=O)N1CCC[C@H]1C(=O)O. The summed E-state index contributed by atoms with van der Waals surface area (Å²) >= 11 is 0. The first-order valence-corrected chi connectivity index (χ1v) is 22.2. The molecular formula is C41H66N10O13. The van der Waals surface area contributed by atoms with Crippen LogP contribution in [0.5, 0.6) is 0 Å². The maximum Gasteiger partial charge on any atom is 0.326 e. The lowest BCUT2D eigenvalue weighted by Crippen LogP contribution is -2.60. The van der Waals surface area contributed by atoms with Gasteiger partial charge in [-0.3, -0.25) is 43.2 Å². The normalized spacial score (nSPS) is 24.1. The highest BCUT2D eigenvalue weighted by molar-refractivity contribution is 5.98. The van der Waals surface area contributed by atoms with Gasteiger partial charge >= 0.3 is 5.97 Å². The van der Waals surface area contributed by atoms with Crippen LogP contribution >= 0.6 is 0 Å². The number of carbonyl (C=O) groups excluding carboxylic acids is 9. The molecule has 0 saturated carbocycles. The molecule has 0 aliphatic carbocycles. The zero-order chi connectivity index (χ0) is 47.6. The molecule has 4 fully saturated rings. The van der Waals surface area contributed by atoms with E-state index in [0.29, 0.717) is 44.9 Å². The molecular weight excluding hydrogens is 841 g/mol. The number of aliphatic carboxylic acids is 1. The molecule has 10 N–H and O–H groups in total. The number of amides is 9. The fourth-order valence-corrected chi connectivity index (χ4v) is 8.66. The van der Waals surface area contributed by atoms with Gasteiger partial charge in [0.2, 0.25) is 53.2 Å². The Morgan fingerprint density at radius 2 is 1.09 bits per heavy atom. The number of nitrogens with zero attached hydrogens (tertiary/aromatic N) is 4. The molecule has 4 saturated heterocycles. The van der Waals surface area contributed by atoms with Gasteiger partial charge < -0.3 is 67.2 Å². The second-order valence-corrected chi connectivity index (χ2v) is 17.2. The third kappa shape index (κ3) is 12.2. The van der Waals surface area contributed by atoms with Crippen LogP contribution in [0, 0.1) is 5.92 Å². The van der Waals surface area contributed by atoms with Crippen molar-refractivity contribution in [3.05, 3.63) is 0 Å². The van der Waals surface area contributed by atoms with Gasteiger partial charge in [0.1, 0.15) is 54.4 Å². The summed E-state index contributed by atoms with van der Waals surface area (Å²) in [6, 6.07) is -10.1. The van der Waals surface area contributed by atoms with Gasteiger partial charge in [-0.1, -0.05) is 20.3 Å². The summed E-state index contributed by atoms with van der Waals surface area (Å²) in [6.45, 7) is 7.21. The molecule has 4 aliphatic rings. The van der Waals surface area contributed by atoms with Crippen LogP contribution in [0.4, 0.5) is 0 Å². The first-order valence-electron chi connectivity index (χ1n) is 22.2. The molecule has 4 rings (SSSR count). The summed E-state index contributed by atoms with van der Waals surface area (Å²) in [4.78, 5) is 137. The molecule has 0 aromatic rings. The van der Waals surface area contributed by atoms with E-state index in [1.165, 1.54) is 40.4 Å². The highest BCUT2D eigenvalue weighted by Crippen LogP contribution is 2.26. The van der Waals surface area contributed by atoms with Crippen LogP contribution in [-0.2, 0) is 47.9 Å². The average Bonchev–Trinajstić information content (AvgIpc) is 4.11. The Morgan fingerprint density at radius 3 is 1.62 bits per heavy atom. The molecule has 64 heavy (non-hydrogen) atoms. The Hall–Kier alpha value is -5.42. The molecule has 11 atom stereocenters. The monoisotopic (exact) mass is 906 g/mol. The fraction of sp³-hybridized carbons (Fsp3) is 0.756. The molecule has 0 bridgehead atoms. The highest BCUT2D eigenvalue weighted by atomic mass is 16.4. The van der Waals surface area contributed by atoms with Gasteiger partial charge in [0.25, 0.3) is 0 Å². The van der Waals surface area contributed by atoms with Crippen LogP contribution in [0.25, 0.3) is 0 Å². The first-order chi connectivity index (χ1) is 30.2. The molecule has 0 radical (unpaired) electrons. The minimum absolute atomic E-state index is 0.160. The van der Waals surface area contributed by atoms with Gasteiger partial charge in [0.05, 0.1) is 19.3 Å². The molecule has 0 aromatic heterocycles. The average molecular weight is 907 g/mol. The van der Waals surface area contributed by atoms with E-state index in [0.717, 1.165) is 0 Å². The van der Waals surface area contributed by atoms with Crippen LogP contribution in [0.2, 0.25) is 0 Å². The van der Waals surface area contributed by atoms with Crippen molar-refractivity contribution >= 4 is 59.1 Å². The standard InChI is InChI=1S/C41H66N10O13/c1-6-21(2)32(37(59)43-19-30(54)48-15-10-14-29(48)41(63)64)47-35(57)27-12-7-16-49(27)38(60)22(3)44-33(55)25(20-52)46-34(56)26-11-8-17-50(26)40(62)28-13-9-18-51(28)39(61)23(4)45-36(58)31(42)24(5)53/h21-29,31-32,52-53H,6-20,42H2,1-5H3,(H,43,59)(H,44,55)(H,45,58)(H,46,56)(H,47,57)(H,63,64)/t21-,22-,23-,24+,25-,26-,27-,28-,29-,31-,32-/m0/s1. The number of aliphatic hydroxyl groups excluding tert-OH is 2.